The molecule has 6 heteroatoms. The molecule has 0 aliphatic carbocycles. The molecule has 3 aromatic rings. The van der Waals surface area contributed by atoms with Crippen molar-refractivity contribution >= 4 is 22.9 Å². The van der Waals surface area contributed by atoms with Crippen LogP contribution in [0.5, 0.6) is 0 Å². The zero-order valence-electron chi connectivity index (χ0n) is 9.54. The highest BCUT2D eigenvalue weighted by molar-refractivity contribution is 7.13. The lowest BCUT2D eigenvalue weighted by molar-refractivity contribution is 0.878. The second kappa shape index (κ2) is 4.51. The summed E-state index contributed by atoms with van der Waals surface area (Å²) in [6.45, 7) is 1.90. The molecule has 3 rings (SSSR count). The zero-order valence-corrected chi connectivity index (χ0v) is 11.1. The van der Waals surface area contributed by atoms with Crippen molar-refractivity contribution in [1.29, 1.82) is 0 Å². The van der Waals surface area contributed by atoms with Gasteiger partial charge in [-0.3, -0.25) is 0 Å². The molecule has 0 saturated heterocycles. The van der Waals surface area contributed by atoms with E-state index < -0.39 is 0 Å². The number of aromatic nitrogens is 4. The van der Waals surface area contributed by atoms with Gasteiger partial charge in [-0.2, -0.15) is 5.10 Å². The number of thiazole rings is 1. The van der Waals surface area contributed by atoms with Crippen LogP contribution in [-0.2, 0) is 0 Å². The molecule has 4 nitrogen and oxygen atoms in total. The normalized spacial score (nSPS) is 10.8. The molecule has 0 saturated carbocycles. The summed E-state index contributed by atoms with van der Waals surface area (Å²) in [5.74, 6) is 0. The third-order valence-electron chi connectivity index (χ3n) is 2.41. The number of aryl methyl sites for hydroxylation is 1. The number of hydrogen-bond acceptors (Lipinski definition) is 4. The molecule has 0 aliphatic heterocycles. The second-order valence-electron chi connectivity index (χ2n) is 3.77. The van der Waals surface area contributed by atoms with E-state index in [2.05, 4.69) is 15.1 Å². The van der Waals surface area contributed by atoms with Crippen molar-refractivity contribution in [3.05, 3.63) is 46.8 Å². The van der Waals surface area contributed by atoms with Crippen LogP contribution in [0.25, 0.3) is 16.4 Å². The molecule has 0 amide bonds. The summed E-state index contributed by atoms with van der Waals surface area (Å²) in [7, 11) is 0. The van der Waals surface area contributed by atoms with E-state index in [4.69, 9.17) is 11.6 Å². The monoisotopic (exact) mass is 276 g/mol. The van der Waals surface area contributed by atoms with Gasteiger partial charge in [-0.25, -0.2) is 14.6 Å². The van der Waals surface area contributed by atoms with Crippen LogP contribution in [-0.4, -0.2) is 19.7 Å². The molecule has 3 heterocycles. The highest BCUT2D eigenvalue weighted by Gasteiger charge is 2.07. The Labute approximate surface area is 113 Å². The van der Waals surface area contributed by atoms with E-state index in [1.165, 1.54) is 0 Å². The second-order valence-corrected chi connectivity index (χ2v) is 5.05. The van der Waals surface area contributed by atoms with E-state index in [-0.39, 0.29) is 0 Å². The van der Waals surface area contributed by atoms with Gasteiger partial charge in [0, 0.05) is 29.5 Å². The first-order valence-electron chi connectivity index (χ1n) is 5.32. The first kappa shape index (κ1) is 11.4. The predicted octanol–water partition coefficient (Wildman–Crippen LogP) is 3.35. The van der Waals surface area contributed by atoms with Gasteiger partial charge in [0.15, 0.2) is 0 Å². The number of halogens is 1. The summed E-state index contributed by atoms with van der Waals surface area (Å²) in [6, 6.07) is 5.65. The zero-order chi connectivity index (χ0) is 12.5. The van der Waals surface area contributed by atoms with Gasteiger partial charge in [0.1, 0.15) is 15.9 Å². The first-order chi connectivity index (χ1) is 8.72. The van der Waals surface area contributed by atoms with E-state index in [9.17, 15) is 0 Å². The molecule has 0 unspecified atom stereocenters. The molecule has 0 aromatic carbocycles. The highest BCUT2D eigenvalue weighted by Crippen LogP contribution is 2.21. The molecule has 0 bridgehead atoms. The minimum Gasteiger partial charge on any atom is -0.243 e. The summed E-state index contributed by atoms with van der Waals surface area (Å²) in [5.41, 5.74) is 2.62. The van der Waals surface area contributed by atoms with Crippen molar-refractivity contribution in [1.82, 2.24) is 19.7 Å². The molecule has 0 radical (unpaired) electrons. The number of nitrogens with zero attached hydrogens (tertiary/aromatic N) is 4. The van der Waals surface area contributed by atoms with Gasteiger partial charge in [-0.1, -0.05) is 11.6 Å². The molecular formula is C12H9ClN4S. The van der Waals surface area contributed by atoms with Crippen LogP contribution in [0.2, 0.25) is 5.15 Å². The topological polar surface area (TPSA) is 43.6 Å². The molecule has 0 N–H and O–H groups in total. The molecular weight excluding hydrogens is 268 g/mol. The molecule has 0 fully saturated rings. The van der Waals surface area contributed by atoms with Gasteiger partial charge in [0.05, 0.1) is 5.69 Å². The summed E-state index contributed by atoms with van der Waals surface area (Å²) in [6.07, 6.45) is 3.66. The number of rotatable bonds is 2. The Morgan fingerprint density at radius 1 is 1.33 bits per heavy atom. The van der Waals surface area contributed by atoms with Crippen molar-refractivity contribution in [3.8, 4) is 16.4 Å². The van der Waals surface area contributed by atoms with E-state index >= 15 is 0 Å². The molecule has 90 valence electrons. The largest absolute Gasteiger partial charge is 0.243 e. The smallest absolute Gasteiger partial charge is 0.143 e. The van der Waals surface area contributed by atoms with Crippen LogP contribution in [0, 0.1) is 6.92 Å². The standard InChI is InChI=1S/C12H9ClN4S/c1-8-6-9(7-11(13)15-8)17-4-2-10(16-17)12-14-3-5-18-12/h2-7H,1H3. The van der Waals surface area contributed by atoms with Crippen molar-refractivity contribution < 1.29 is 0 Å². The fraction of sp³-hybridized carbons (Fsp3) is 0.0833. The van der Waals surface area contributed by atoms with E-state index in [1.807, 2.05) is 30.6 Å². The maximum absolute atomic E-state index is 5.94. The van der Waals surface area contributed by atoms with Gasteiger partial charge < -0.3 is 0 Å². The molecule has 0 atom stereocenters. The Morgan fingerprint density at radius 2 is 2.22 bits per heavy atom. The number of pyridine rings is 1. The third kappa shape index (κ3) is 2.14. The van der Waals surface area contributed by atoms with Crippen LogP contribution >= 0.6 is 22.9 Å². The van der Waals surface area contributed by atoms with Crippen LogP contribution in [0.15, 0.2) is 36.0 Å². The van der Waals surface area contributed by atoms with Crippen molar-refractivity contribution in [2.45, 2.75) is 6.92 Å². The SMILES string of the molecule is Cc1cc(-n2ccc(-c3nccs3)n2)cc(Cl)n1. The summed E-state index contributed by atoms with van der Waals surface area (Å²) in [5, 5.41) is 7.79. The quantitative estimate of drug-likeness (QED) is 0.674. The Kier molecular flexibility index (Phi) is 2.85. The Bertz CT molecular complexity index is 655. The predicted molar refractivity (Wildman–Crippen MR) is 72.2 cm³/mol. The number of hydrogen-bond donors (Lipinski definition) is 0. The lowest BCUT2D eigenvalue weighted by Gasteiger charge is -2.02. The van der Waals surface area contributed by atoms with Gasteiger partial charge in [-0.05, 0) is 19.1 Å². The molecule has 18 heavy (non-hydrogen) atoms. The highest BCUT2D eigenvalue weighted by atomic mass is 35.5. The molecule has 0 aliphatic rings. The average Bonchev–Trinajstić information content (AvgIpc) is 2.99. The van der Waals surface area contributed by atoms with E-state index in [1.54, 1.807) is 28.3 Å². The van der Waals surface area contributed by atoms with Crippen molar-refractivity contribution in [2.75, 3.05) is 0 Å². The Balaban J connectivity index is 2.03. The maximum atomic E-state index is 5.94. The van der Waals surface area contributed by atoms with E-state index in [0.29, 0.717) is 5.15 Å². The van der Waals surface area contributed by atoms with Gasteiger partial charge in [0.2, 0.25) is 0 Å². The summed E-state index contributed by atoms with van der Waals surface area (Å²) >= 11 is 7.51. The lowest BCUT2D eigenvalue weighted by Crippen LogP contribution is -1.97. The first-order valence-corrected chi connectivity index (χ1v) is 6.58. The van der Waals surface area contributed by atoms with Crippen molar-refractivity contribution in [2.24, 2.45) is 0 Å². The van der Waals surface area contributed by atoms with Crippen LogP contribution < -0.4 is 0 Å². The Morgan fingerprint density at radius 3 is 2.94 bits per heavy atom. The fourth-order valence-electron chi connectivity index (χ4n) is 1.67. The molecule has 0 spiro atoms. The third-order valence-corrected chi connectivity index (χ3v) is 3.40. The van der Waals surface area contributed by atoms with Crippen LogP contribution in [0.1, 0.15) is 5.69 Å². The summed E-state index contributed by atoms with van der Waals surface area (Å²) < 4.78 is 1.78. The van der Waals surface area contributed by atoms with Crippen LogP contribution in [0.4, 0.5) is 0 Å². The van der Waals surface area contributed by atoms with Gasteiger partial charge >= 0.3 is 0 Å². The minimum absolute atomic E-state index is 0.469. The fourth-order valence-corrected chi connectivity index (χ4v) is 2.52. The average molecular weight is 277 g/mol. The van der Waals surface area contributed by atoms with Crippen LogP contribution in [0.3, 0.4) is 0 Å². The van der Waals surface area contributed by atoms with E-state index in [0.717, 1.165) is 22.1 Å². The maximum Gasteiger partial charge on any atom is 0.143 e. The summed E-state index contributed by atoms with van der Waals surface area (Å²) in [4.78, 5) is 8.36. The van der Waals surface area contributed by atoms with Gasteiger partial charge in [0.25, 0.3) is 0 Å². The molecule has 3 aromatic heterocycles. The van der Waals surface area contributed by atoms with Crippen molar-refractivity contribution in [3.63, 3.8) is 0 Å². The lowest BCUT2D eigenvalue weighted by atomic mass is 10.3. The minimum atomic E-state index is 0.469. The van der Waals surface area contributed by atoms with Gasteiger partial charge in [-0.15, -0.1) is 11.3 Å². The Hall–Kier alpha value is -1.72.